The van der Waals surface area contributed by atoms with Gasteiger partial charge in [-0.3, -0.25) is 0 Å². The van der Waals surface area contributed by atoms with Crippen LogP contribution in [0.15, 0.2) is 6.20 Å². The van der Waals surface area contributed by atoms with Gasteiger partial charge in [0.15, 0.2) is 0 Å². The van der Waals surface area contributed by atoms with E-state index in [9.17, 15) is 5.11 Å². The molecule has 0 bridgehead atoms. The first-order valence-electron chi connectivity index (χ1n) is 5.26. The second-order valence-corrected chi connectivity index (χ2v) is 4.21. The summed E-state index contributed by atoms with van der Waals surface area (Å²) in [5.41, 5.74) is 0.0323. The molecule has 1 heterocycles. The van der Waals surface area contributed by atoms with Gasteiger partial charge in [-0.2, -0.15) is 0 Å². The summed E-state index contributed by atoms with van der Waals surface area (Å²) in [5, 5.41) is 18.1. The molecule has 0 unspecified atom stereocenters. The monoisotopic (exact) mass is 211 g/mol. The van der Waals surface area contributed by atoms with Crippen molar-refractivity contribution in [1.82, 2.24) is 15.0 Å². The summed E-state index contributed by atoms with van der Waals surface area (Å²) in [4.78, 5) is 0. The number of hydrogen-bond acceptors (Lipinski definition) is 4. The highest BCUT2D eigenvalue weighted by Crippen LogP contribution is 2.37. The highest BCUT2D eigenvalue weighted by atomic mass is 16.5. The van der Waals surface area contributed by atoms with Gasteiger partial charge in [-0.1, -0.05) is 5.21 Å². The molecule has 1 saturated carbocycles. The third-order valence-corrected chi connectivity index (χ3v) is 3.28. The minimum absolute atomic E-state index is 0.284. The summed E-state index contributed by atoms with van der Waals surface area (Å²) >= 11 is 0. The number of nitrogens with zero attached hydrogens (tertiary/aromatic N) is 3. The molecule has 0 aromatic carbocycles. The molecular formula is C10H17N3O2. The van der Waals surface area contributed by atoms with E-state index < -0.39 is 5.60 Å². The van der Waals surface area contributed by atoms with Crippen LogP contribution in [0.3, 0.4) is 0 Å². The lowest BCUT2D eigenvalue weighted by Crippen LogP contribution is -2.35. The van der Waals surface area contributed by atoms with Crippen LogP contribution in [0.2, 0.25) is 0 Å². The van der Waals surface area contributed by atoms with E-state index in [0.29, 0.717) is 12.8 Å². The minimum Gasteiger partial charge on any atom is -0.384 e. The van der Waals surface area contributed by atoms with E-state index in [1.165, 1.54) is 0 Å². The highest BCUT2D eigenvalue weighted by Gasteiger charge is 2.37. The van der Waals surface area contributed by atoms with Crippen molar-refractivity contribution >= 4 is 0 Å². The van der Waals surface area contributed by atoms with Crippen LogP contribution in [0.25, 0.3) is 0 Å². The Morgan fingerprint density at radius 2 is 2.20 bits per heavy atom. The zero-order valence-corrected chi connectivity index (χ0v) is 9.18. The Kier molecular flexibility index (Phi) is 2.75. The van der Waals surface area contributed by atoms with Crippen LogP contribution in [-0.2, 0) is 17.4 Å². The van der Waals surface area contributed by atoms with Gasteiger partial charge in [-0.25, -0.2) is 4.68 Å². The predicted octanol–water partition coefficient (Wildman–Crippen LogP) is 0.592. The number of rotatable bonds is 2. The van der Waals surface area contributed by atoms with E-state index in [2.05, 4.69) is 10.3 Å². The second kappa shape index (κ2) is 3.90. The Morgan fingerprint density at radius 1 is 1.53 bits per heavy atom. The number of hydrogen-bond donors (Lipinski definition) is 1. The van der Waals surface area contributed by atoms with Gasteiger partial charge < -0.3 is 9.84 Å². The summed E-state index contributed by atoms with van der Waals surface area (Å²) in [5.74, 6) is 0. The third kappa shape index (κ3) is 1.89. The van der Waals surface area contributed by atoms with Crippen LogP contribution >= 0.6 is 0 Å². The molecule has 0 spiro atoms. The molecular weight excluding hydrogens is 194 g/mol. The van der Waals surface area contributed by atoms with Crippen LogP contribution in [0.1, 0.15) is 31.4 Å². The Morgan fingerprint density at radius 3 is 2.67 bits per heavy atom. The average molecular weight is 211 g/mol. The molecule has 1 aliphatic carbocycles. The first-order valence-corrected chi connectivity index (χ1v) is 5.26. The van der Waals surface area contributed by atoms with E-state index in [4.69, 9.17) is 4.74 Å². The normalized spacial score (nSPS) is 31.8. The summed E-state index contributed by atoms with van der Waals surface area (Å²) in [6, 6.07) is 0. The number of aliphatic hydroxyl groups is 1. The van der Waals surface area contributed by atoms with E-state index in [1.807, 2.05) is 7.05 Å². The average Bonchev–Trinajstić information content (AvgIpc) is 2.66. The molecule has 1 N–H and O–H groups in total. The SMILES string of the molecule is COC1CCC(O)(c2cnnn2C)CC1. The Hall–Kier alpha value is -0.940. The summed E-state index contributed by atoms with van der Waals surface area (Å²) in [6.07, 6.45) is 5.13. The summed E-state index contributed by atoms with van der Waals surface area (Å²) in [7, 11) is 3.53. The van der Waals surface area contributed by atoms with Gasteiger partial charge in [-0.15, -0.1) is 5.10 Å². The molecule has 0 aliphatic heterocycles. The lowest BCUT2D eigenvalue weighted by molar-refractivity contribution is -0.0521. The molecule has 0 radical (unpaired) electrons. The summed E-state index contributed by atoms with van der Waals surface area (Å²) in [6.45, 7) is 0. The van der Waals surface area contributed by atoms with Gasteiger partial charge >= 0.3 is 0 Å². The lowest BCUT2D eigenvalue weighted by atomic mass is 9.81. The van der Waals surface area contributed by atoms with E-state index in [-0.39, 0.29) is 6.10 Å². The maximum Gasteiger partial charge on any atom is 0.108 e. The first kappa shape index (κ1) is 10.6. The highest BCUT2D eigenvalue weighted by molar-refractivity contribution is 5.09. The van der Waals surface area contributed by atoms with Crippen molar-refractivity contribution in [1.29, 1.82) is 0 Å². The van der Waals surface area contributed by atoms with Crippen LogP contribution in [-0.4, -0.2) is 33.3 Å². The van der Waals surface area contributed by atoms with E-state index >= 15 is 0 Å². The maximum absolute atomic E-state index is 10.5. The van der Waals surface area contributed by atoms with Crippen molar-refractivity contribution in [2.45, 2.75) is 37.4 Å². The molecule has 1 aromatic heterocycles. The number of ether oxygens (including phenoxy) is 1. The van der Waals surface area contributed by atoms with Crippen LogP contribution in [0, 0.1) is 0 Å². The van der Waals surface area contributed by atoms with Gasteiger partial charge in [0.2, 0.25) is 0 Å². The molecule has 2 rings (SSSR count). The zero-order chi connectivity index (χ0) is 10.9. The standard InChI is InChI=1S/C10H17N3O2/c1-13-9(7-11-12-13)10(14)5-3-8(15-2)4-6-10/h7-8,14H,3-6H2,1-2H3. The van der Waals surface area contributed by atoms with Crippen LogP contribution < -0.4 is 0 Å². The molecule has 5 heteroatoms. The van der Waals surface area contributed by atoms with Gasteiger partial charge in [0, 0.05) is 14.2 Å². The largest absolute Gasteiger partial charge is 0.384 e. The van der Waals surface area contributed by atoms with Crippen molar-refractivity contribution in [2.24, 2.45) is 7.05 Å². The molecule has 1 fully saturated rings. The second-order valence-electron chi connectivity index (χ2n) is 4.21. The Balaban J connectivity index is 2.13. The quantitative estimate of drug-likeness (QED) is 0.778. The molecule has 0 atom stereocenters. The Labute approximate surface area is 89.0 Å². The van der Waals surface area contributed by atoms with Crippen molar-refractivity contribution < 1.29 is 9.84 Å². The topological polar surface area (TPSA) is 60.2 Å². The van der Waals surface area contributed by atoms with Gasteiger partial charge in [0.1, 0.15) is 5.60 Å². The number of aryl methyl sites for hydroxylation is 1. The van der Waals surface area contributed by atoms with E-state index in [0.717, 1.165) is 18.5 Å². The lowest BCUT2D eigenvalue weighted by Gasteiger charge is -2.34. The van der Waals surface area contributed by atoms with Crippen molar-refractivity contribution in [3.8, 4) is 0 Å². The molecule has 0 amide bonds. The van der Waals surface area contributed by atoms with Crippen molar-refractivity contribution in [2.75, 3.05) is 7.11 Å². The van der Waals surface area contributed by atoms with Crippen LogP contribution in [0.5, 0.6) is 0 Å². The molecule has 5 nitrogen and oxygen atoms in total. The van der Waals surface area contributed by atoms with Crippen molar-refractivity contribution in [3.63, 3.8) is 0 Å². The fourth-order valence-corrected chi connectivity index (χ4v) is 2.27. The smallest absolute Gasteiger partial charge is 0.108 e. The van der Waals surface area contributed by atoms with Crippen molar-refractivity contribution in [3.05, 3.63) is 11.9 Å². The summed E-state index contributed by atoms with van der Waals surface area (Å²) < 4.78 is 6.93. The minimum atomic E-state index is -0.771. The Bertz CT molecular complexity index is 329. The zero-order valence-electron chi connectivity index (χ0n) is 9.18. The fourth-order valence-electron chi connectivity index (χ4n) is 2.27. The van der Waals surface area contributed by atoms with Gasteiger partial charge in [-0.05, 0) is 25.7 Å². The molecule has 1 aromatic rings. The van der Waals surface area contributed by atoms with Crippen LogP contribution in [0.4, 0.5) is 0 Å². The third-order valence-electron chi connectivity index (χ3n) is 3.28. The van der Waals surface area contributed by atoms with E-state index in [1.54, 1.807) is 18.0 Å². The number of aromatic nitrogens is 3. The maximum atomic E-state index is 10.5. The van der Waals surface area contributed by atoms with Gasteiger partial charge in [0.25, 0.3) is 0 Å². The first-order chi connectivity index (χ1) is 7.15. The molecule has 15 heavy (non-hydrogen) atoms. The number of methoxy groups -OCH3 is 1. The predicted molar refractivity (Wildman–Crippen MR) is 54.2 cm³/mol. The fraction of sp³-hybridized carbons (Fsp3) is 0.800. The molecule has 0 saturated heterocycles. The molecule has 1 aliphatic rings. The molecule has 84 valence electrons. The van der Waals surface area contributed by atoms with Gasteiger partial charge in [0.05, 0.1) is 18.0 Å².